The van der Waals surface area contributed by atoms with Crippen LogP contribution in [-0.2, 0) is 0 Å². The van der Waals surface area contributed by atoms with Crippen molar-refractivity contribution in [3.8, 4) is 0 Å². The molecule has 1 fully saturated rings. The minimum Gasteiger partial charge on any atom is -0.0819 e. The average Bonchev–Trinajstić information content (AvgIpc) is 2.03. The van der Waals surface area contributed by atoms with Crippen LogP contribution in [0, 0.1) is 23.2 Å². The van der Waals surface area contributed by atoms with Gasteiger partial charge in [0.05, 0.1) is 0 Å². The van der Waals surface area contributed by atoms with Crippen LogP contribution < -0.4 is 0 Å². The lowest BCUT2D eigenvalue weighted by Gasteiger charge is -2.59. The maximum atomic E-state index is 2.56. The summed E-state index contributed by atoms with van der Waals surface area (Å²) >= 11 is 0. The van der Waals surface area contributed by atoms with Crippen molar-refractivity contribution < 1.29 is 0 Å². The van der Waals surface area contributed by atoms with Gasteiger partial charge in [-0.1, -0.05) is 46.3 Å². The second kappa shape index (κ2) is 3.72. The SMILES string of the molecule is C.CCCC1C=C(C)C2CC1C2(C)C. The molecular formula is C14H26. The normalized spacial score (nSPS) is 38.0. The van der Waals surface area contributed by atoms with E-state index < -0.39 is 0 Å². The summed E-state index contributed by atoms with van der Waals surface area (Å²) in [6, 6.07) is 0. The van der Waals surface area contributed by atoms with Crippen molar-refractivity contribution in [2.24, 2.45) is 23.2 Å². The van der Waals surface area contributed by atoms with Gasteiger partial charge in [-0.05, 0) is 42.9 Å². The summed E-state index contributed by atoms with van der Waals surface area (Å²) in [6.07, 6.45) is 6.78. The Morgan fingerprint density at radius 2 is 2.07 bits per heavy atom. The zero-order valence-electron chi connectivity index (χ0n) is 9.43. The standard InChI is InChI=1S/C13H22.CH4/c1-5-6-10-7-9(2)11-8-12(10)13(11,3)4;/h7,10-12H,5-6,8H2,1-4H3;1H4. The minimum absolute atomic E-state index is 0. The summed E-state index contributed by atoms with van der Waals surface area (Å²) < 4.78 is 0. The first-order valence-corrected chi connectivity index (χ1v) is 5.75. The van der Waals surface area contributed by atoms with Gasteiger partial charge in [0.15, 0.2) is 0 Å². The summed E-state index contributed by atoms with van der Waals surface area (Å²) in [4.78, 5) is 0. The molecule has 2 bridgehead atoms. The highest BCUT2D eigenvalue weighted by molar-refractivity contribution is 5.23. The first-order valence-electron chi connectivity index (χ1n) is 5.75. The Morgan fingerprint density at radius 1 is 1.43 bits per heavy atom. The smallest absolute Gasteiger partial charge is 0.0149 e. The van der Waals surface area contributed by atoms with Crippen LogP contribution in [0.15, 0.2) is 11.6 Å². The molecule has 0 nitrogen and oxygen atoms in total. The molecule has 0 aromatic heterocycles. The fraction of sp³-hybridized carbons (Fsp3) is 0.857. The van der Waals surface area contributed by atoms with Crippen molar-refractivity contribution in [3.05, 3.63) is 11.6 Å². The zero-order chi connectivity index (χ0) is 9.64. The number of rotatable bonds is 2. The molecule has 3 unspecified atom stereocenters. The Hall–Kier alpha value is -0.260. The highest BCUT2D eigenvalue weighted by Gasteiger charge is 2.53. The van der Waals surface area contributed by atoms with Gasteiger partial charge in [-0.3, -0.25) is 0 Å². The number of allylic oxidation sites excluding steroid dienone is 2. The van der Waals surface area contributed by atoms with Crippen LogP contribution in [-0.4, -0.2) is 0 Å². The topological polar surface area (TPSA) is 0 Å². The maximum Gasteiger partial charge on any atom is -0.0149 e. The molecular weight excluding hydrogens is 168 g/mol. The quantitative estimate of drug-likeness (QED) is 0.561. The molecule has 0 radical (unpaired) electrons. The summed E-state index contributed by atoms with van der Waals surface area (Å²) in [7, 11) is 0. The predicted molar refractivity (Wildman–Crippen MR) is 64.3 cm³/mol. The van der Waals surface area contributed by atoms with Gasteiger partial charge in [-0.15, -0.1) is 0 Å². The molecule has 0 aliphatic heterocycles. The molecule has 3 aliphatic rings. The molecule has 0 aromatic rings. The van der Waals surface area contributed by atoms with Crippen LogP contribution in [0.1, 0.15) is 54.4 Å². The van der Waals surface area contributed by atoms with Crippen molar-refractivity contribution in [3.63, 3.8) is 0 Å². The van der Waals surface area contributed by atoms with Crippen LogP contribution in [0.2, 0.25) is 0 Å². The van der Waals surface area contributed by atoms with Crippen molar-refractivity contribution >= 4 is 0 Å². The molecule has 3 rings (SSSR count). The fourth-order valence-corrected chi connectivity index (χ4v) is 3.65. The molecule has 82 valence electrons. The molecule has 0 saturated heterocycles. The van der Waals surface area contributed by atoms with E-state index in [0.29, 0.717) is 5.41 Å². The summed E-state index contributed by atoms with van der Waals surface area (Å²) in [5.74, 6) is 2.79. The number of fused-ring (bicyclic) bond motifs is 1. The van der Waals surface area contributed by atoms with Gasteiger partial charge in [0, 0.05) is 0 Å². The molecule has 0 aromatic carbocycles. The fourth-order valence-electron chi connectivity index (χ4n) is 3.65. The Morgan fingerprint density at radius 3 is 2.50 bits per heavy atom. The molecule has 3 atom stereocenters. The van der Waals surface area contributed by atoms with Gasteiger partial charge in [-0.2, -0.15) is 0 Å². The predicted octanol–water partition coefficient (Wildman–Crippen LogP) is 4.66. The Balaban J connectivity index is 0.000000980. The second-order valence-corrected chi connectivity index (χ2v) is 5.58. The molecule has 3 aliphatic carbocycles. The molecule has 0 amide bonds. The number of hydrogen-bond acceptors (Lipinski definition) is 0. The molecule has 0 N–H and O–H groups in total. The first kappa shape index (κ1) is 11.8. The van der Waals surface area contributed by atoms with Crippen molar-refractivity contribution in [1.82, 2.24) is 0 Å². The van der Waals surface area contributed by atoms with Crippen LogP contribution in [0.4, 0.5) is 0 Å². The van der Waals surface area contributed by atoms with E-state index in [1.54, 1.807) is 5.57 Å². The Bertz CT molecular complexity index is 234. The third kappa shape index (κ3) is 1.43. The summed E-state index contributed by atoms with van der Waals surface area (Å²) in [5.41, 5.74) is 2.28. The third-order valence-corrected chi connectivity index (χ3v) is 4.51. The first-order chi connectivity index (χ1) is 6.07. The molecule has 0 spiro atoms. The van der Waals surface area contributed by atoms with Crippen LogP contribution >= 0.6 is 0 Å². The van der Waals surface area contributed by atoms with E-state index in [1.165, 1.54) is 19.3 Å². The van der Waals surface area contributed by atoms with Crippen LogP contribution in [0.3, 0.4) is 0 Å². The van der Waals surface area contributed by atoms with Gasteiger partial charge >= 0.3 is 0 Å². The second-order valence-electron chi connectivity index (χ2n) is 5.58. The lowest BCUT2D eigenvalue weighted by Crippen LogP contribution is -2.51. The Kier molecular flexibility index (Phi) is 3.13. The van der Waals surface area contributed by atoms with E-state index in [4.69, 9.17) is 0 Å². The average molecular weight is 194 g/mol. The van der Waals surface area contributed by atoms with E-state index in [1.807, 2.05) is 0 Å². The molecule has 14 heavy (non-hydrogen) atoms. The minimum atomic E-state index is 0. The van der Waals surface area contributed by atoms with E-state index in [9.17, 15) is 0 Å². The molecule has 0 heteroatoms. The lowest BCUT2D eigenvalue weighted by molar-refractivity contribution is -0.0413. The Labute approximate surface area is 89.8 Å². The van der Waals surface area contributed by atoms with Crippen LogP contribution in [0.25, 0.3) is 0 Å². The number of hydrogen-bond donors (Lipinski definition) is 0. The van der Waals surface area contributed by atoms with E-state index >= 15 is 0 Å². The zero-order valence-corrected chi connectivity index (χ0v) is 9.43. The molecule has 0 heterocycles. The van der Waals surface area contributed by atoms with Gasteiger partial charge in [0.25, 0.3) is 0 Å². The lowest BCUT2D eigenvalue weighted by atomic mass is 9.46. The van der Waals surface area contributed by atoms with E-state index in [-0.39, 0.29) is 7.43 Å². The van der Waals surface area contributed by atoms with Gasteiger partial charge in [0.1, 0.15) is 0 Å². The van der Waals surface area contributed by atoms with E-state index in [2.05, 4.69) is 33.8 Å². The maximum absolute atomic E-state index is 2.56. The highest BCUT2D eigenvalue weighted by atomic mass is 14.6. The largest absolute Gasteiger partial charge is 0.0819 e. The van der Waals surface area contributed by atoms with E-state index in [0.717, 1.165) is 17.8 Å². The highest BCUT2D eigenvalue weighted by Crippen LogP contribution is 2.61. The van der Waals surface area contributed by atoms with Gasteiger partial charge in [0.2, 0.25) is 0 Å². The van der Waals surface area contributed by atoms with Crippen molar-refractivity contribution in [2.45, 2.75) is 54.4 Å². The monoisotopic (exact) mass is 194 g/mol. The summed E-state index contributed by atoms with van der Waals surface area (Å²) in [6.45, 7) is 9.57. The van der Waals surface area contributed by atoms with Gasteiger partial charge < -0.3 is 0 Å². The summed E-state index contributed by atoms with van der Waals surface area (Å²) in [5, 5.41) is 0. The van der Waals surface area contributed by atoms with Gasteiger partial charge in [-0.25, -0.2) is 0 Å². The van der Waals surface area contributed by atoms with Crippen molar-refractivity contribution in [2.75, 3.05) is 0 Å². The van der Waals surface area contributed by atoms with Crippen LogP contribution in [0.5, 0.6) is 0 Å². The third-order valence-electron chi connectivity index (χ3n) is 4.51. The molecule has 1 saturated carbocycles. The van der Waals surface area contributed by atoms with Crippen molar-refractivity contribution in [1.29, 1.82) is 0 Å².